The summed E-state index contributed by atoms with van der Waals surface area (Å²) in [5.74, 6) is 1.24. The summed E-state index contributed by atoms with van der Waals surface area (Å²) < 4.78 is 11.7. The summed E-state index contributed by atoms with van der Waals surface area (Å²) in [5.41, 5.74) is 2.70. The van der Waals surface area contributed by atoms with Gasteiger partial charge in [-0.15, -0.1) is 34.4 Å². The number of carbonyl (C=O) groups is 1. The Hall–Kier alpha value is -2.81. The van der Waals surface area contributed by atoms with Gasteiger partial charge in [-0.1, -0.05) is 18.2 Å². The normalized spacial score (nSPS) is 10.6. The van der Waals surface area contributed by atoms with Crippen molar-refractivity contribution in [2.75, 3.05) is 18.7 Å². The van der Waals surface area contributed by atoms with Gasteiger partial charge in [0.2, 0.25) is 0 Å². The smallest absolute Gasteiger partial charge is 0.348 e. The number of para-hydroxylation sites is 1. The van der Waals surface area contributed by atoms with Crippen LogP contribution < -0.4 is 10.1 Å². The van der Waals surface area contributed by atoms with Crippen molar-refractivity contribution < 1.29 is 14.3 Å². The number of thioether (sulfide) groups is 1. The molecule has 4 rings (SSSR count). The van der Waals surface area contributed by atoms with Gasteiger partial charge in [-0.3, -0.25) is 0 Å². The number of benzene rings is 2. The minimum absolute atomic E-state index is 0.326. The maximum absolute atomic E-state index is 11.9. The Morgan fingerprint density at radius 1 is 1.07 bits per heavy atom. The van der Waals surface area contributed by atoms with E-state index >= 15 is 0 Å². The fourth-order valence-corrected chi connectivity index (χ4v) is 5.25. The van der Waals surface area contributed by atoms with Crippen LogP contribution in [-0.2, 0) is 4.74 Å². The Morgan fingerprint density at radius 2 is 1.80 bits per heavy atom. The lowest BCUT2D eigenvalue weighted by atomic mass is 10.2. The zero-order valence-corrected chi connectivity index (χ0v) is 18.7. The van der Waals surface area contributed by atoms with Crippen LogP contribution in [0.25, 0.3) is 11.3 Å². The molecular weight excluding hydrogens is 436 g/mol. The maximum atomic E-state index is 11.9. The van der Waals surface area contributed by atoms with Crippen molar-refractivity contribution >= 4 is 51.2 Å². The van der Waals surface area contributed by atoms with E-state index < -0.39 is 0 Å². The van der Waals surface area contributed by atoms with Crippen LogP contribution in [0.4, 0.5) is 10.8 Å². The van der Waals surface area contributed by atoms with Gasteiger partial charge in [-0.2, -0.15) is 0 Å². The van der Waals surface area contributed by atoms with Gasteiger partial charge in [-0.05, 0) is 48.7 Å². The molecule has 0 bridgehead atoms. The zero-order valence-electron chi connectivity index (χ0n) is 16.2. The van der Waals surface area contributed by atoms with Crippen molar-refractivity contribution in [3.8, 4) is 22.8 Å². The van der Waals surface area contributed by atoms with Gasteiger partial charge < -0.3 is 14.8 Å². The quantitative estimate of drug-likeness (QED) is 0.242. The molecule has 0 aliphatic heterocycles. The van der Waals surface area contributed by atoms with Gasteiger partial charge in [0, 0.05) is 16.6 Å². The lowest BCUT2D eigenvalue weighted by Crippen LogP contribution is -1.96. The van der Waals surface area contributed by atoms with Crippen molar-refractivity contribution in [2.45, 2.75) is 4.21 Å². The van der Waals surface area contributed by atoms with E-state index in [2.05, 4.69) is 5.32 Å². The minimum atomic E-state index is -0.326. The first-order valence-corrected chi connectivity index (χ1v) is 11.9. The second kappa shape index (κ2) is 9.34. The van der Waals surface area contributed by atoms with E-state index in [1.165, 1.54) is 29.8 Å². The second-order valence-electron chi connectivity index (χ2n) is 6.11. The predicted octanol–water partition coefficient (Wildman–Crippen LogP) is 6.92. The number of methoxy groups -OCH3 is 1. The van der Waals surface area contributed by atoms with Gasteiger partial charge in [0.1, 0.15) is 16.4 Å². The molecule has 0 aliphatic rings. The Bertz CT molecular complexity index is 1140. The standard InChI is InChI=1S/C22H18N2O3S3/c1-26-20(25)19-12-17(21(28-2)30-19)18-13-29-22(24-18)23-14-8-10-16(11-9-14)27-15-6-4-3-5-7-15/h3-13H,1-2H3,(H,23,24). The molecule has 1 N–H and O–H groups in total. The highest BCUT2D eigenvalue weighted by Crippen LogP contribution is 2.39. The van der Waals surface area contributed by atoms with Crippen molar-refractivity contribution in [3.05, 3.63) is 70.9 Å². The van der Waals surface area contributed by atoms with Crippen LogP contribution in [0.5, 0.6) is 11.5 Å². The summed E-state index contributed by atoms with van der Waals surface area (Å²) in [5, 5.41) is 6.08. The molecule has 0 saturated heterocycles. The molecule has 0 aliphatic carbocycles. The van der Waals surface area contributed by atoms with E-state index in [0.29, 0.717) is 4.88 Å². The summed E-state index contributed by atoms with van der Waals surface area (Å²) in [6.45, 7) is 0. The molecule has 0 unspecified atom stereocenters. The number of hydrogen-bond acceptors (Lipinski definition) is 8. The molecule has 0 atom stereocenters. The number of thiophene rings is 1. The van der Waals surface area contributed by atoms with Crippen LogP contribution in [-0.4, -0.2) is 24.3 Å². The summed E-state index contributed by atoms with van der Waals surface area (Å²) in [6.07, 6.45) is 1.99. The first-order valence-electron chi connectivity index (χ1n) is 8.98. The van der Waals surface area contributed by atoms with Gasteiger partial charge in [-0.25, -0.2) is 9.78 Å². The number of thiazole rings is 1. The van der Waals surface area contributed by atoms with E-state index in [9.17, 15) is 4.79 Å². The summed E-state index contributed by atoms with van der Waals surface area (Å²) in [4.78, 5) is 17.1. The van der Waals surface area contributed by atoms with E-state index in [0.717, 1.165) is 37.8 Å². The number of aromatic nitrogens is 1. The fourth-order valence-electron chi connectivity index (χ4n) is 2.71. The fraction of sp³-hybridized carbons (Fsp3) is 0.0909. The molecule has 2 aromatic carbocycles. The minimum Gasteiger partial charge on any atom is -0.465 e. The molecule has 152 valence electrons. The lowest BCUT2D eigenvalue weighted by molar-refractivity contribution is 0.0606. The van der Waals surface area contributed by atoms with Crippen LogP contribution in [0.1, 0.15) is 9.67 Å². The molecule has 5 nitrogen and oxygen atoms in total. The molecule has 4 aromatic rings. The average Bonchev–Trinajstić information content (AvgIpc) is 3.42. The number of rotatable bonds is 7. The van der Waals surface area contributed by atoms with Crippen molar-refractivity contribution in [3.63, 3.8) is 0 Å². The molecule has 0 radical (unpaired) electrons. The predicted molar refractivity (Wildman–Crippen MR) is 125 cm³/mol. The van der Waals surface area contributed by atoms with Crippen molar-refractivity contribution in [2.24, 2.45) is 0 Å². The molecule has 0 spiro atoms. The highest BCUT2D eigenvalue weighted by Gasteiger charge is 2.18. The topological polar surface area (TPSA) is 60.5 Å². The SMILES string of the molecule is COC(=O)c1cc(-c2csc(Nc3ccc(Oc4ccccc4)cc3)n2)c(SC)s1. The Labute approximate surface area is 186 Å². The number of nitrogens with one attached hydrogen (secondary N) is 1. The summed E-state index contributed by atoms with van der Waals surface area (Å²) >= 11 is 4.53. The second-order valence-corrected chi connectivity index (χ2v) is 9.10. The van der Waals surface area contributed by atoms with Crippen LogP contribution >= 0.6 is 34.4 Å². The zero-order chi connectivity index (χ0) is 20.9. The summed E-state index contributed by atoms with van der Waals surface area (Å²) in [6, 6.07) is 19.2. The Kier molecular flexibility index (Phi) is 6.37. The van der Waals surface area contributed by atoms with Gasteiger partial charge >= 0.3 is 5.97 Å². The highest BCUT2D eigenvalue weighted by molar-refractivity contribution is 8.00. The van der Waals surface area contributed by atoms with E-state index in [1.54, 1.807) is 11.8 Å². The molecule has 0 fully saturated rings. The van der Waals surface area contributed by atoms with Crippen LogP contribution in [0.2, 0.25) is 0 Å². The lowest BCUT2D eigenvalue weighted by Gasteiger charge is -2.07. The number of carbonyl (C=O) groups excluding carboxylic acids is 1. The number of hydrogen-bond donors (Lipinski definition) is 1. The molecular formula is C22H18N2O3S3. The van der Waals surface area contributed by atoms with E-state index in [1.807, 2.05) is 72.3 Å². The number of nitrogens with zero attached hydrogens (tertiary/aromatic N) is 1. The van der Waals surface area contributed by atoms with Crippen LogP contribution in [0.3, 0.4) is 0 Å². The third kappa shape index (κ3) is 4.67. The molecule has 30 heavy (non-hydrogen) atoms. The Morgan fingerprint density at radius 3 is 2.50 bits per heavy atom. The number of esters is 1. The number of ether oxygens (including phenoxy) is 2. The highest BCUT2D eigenvalue weighted by atomic mass is 32.2. The number of anilines is 2. The molecule has 0 amide bonds. The van der Waals surface area contributed by atoms with Crippen LogP contribution in [0.15, 0.2) is 70.3 Å². The Balaban J connectivity index is 1.47. The maximum Gasteiger partial charge on any atom is 0.348 e. The molecule has 8 heteroatoms. The monoisotopic (exact) mass is 454 g/mol. The van der Waals surface area contributed by atoms with Crippen LogP contribution in [0, 0.1) is 0 Å². The van der Waals surface area contributed by atoms with Gasteiger partial charge in [0.05, 0.1) is 17.0 Å². The first-order chi connectivity index (χ1) is 14.7. The third-order valence-electron chi connectivity index (χ3n) is 4.13. The molecule has 2 heterocycles. The summed E-state index contributed by atoms with van der Waals surface area (Å²) in [7, 11) is 1.39. The average molecular weight is 455 g/mol. The van der Waals surface area contributed by atoms with Crippen molar-refractivity contribution in [1.82, 2.24) is 4.98 Å². The first kappa shape index (κ1) is 20.5. The largest absolute Gasteiger partial charge is 0.465 e. The van der Waals surface area contributed by atoms with Crippen molar-refractivity contribution in [1.29, 1.82) is 0 Å². The molecule has 2 aromatic heterocycles. The third-order valence-corrected chi connectivity index (χ3v) is 7.14. The van der Waals surface area contributed by atoms with Gasteiger partial charge in [0.25, 0.3) is 0 Å². The molecule has 0 saturated carbocycles. The van der Waals surface area contributed by atoms with Gasteiger partial charge in [0.15, 0.2) is 5.13 Å². The van der Waals surface area contributed by atoms with E-state index in [4.69, 9.17) is 14.5 Å². The van der Waals surface area contributed by atoms with E-state index in [-0.39, 0.29) is 5.97 Å².